The molecule has 0 saturated heterocycles. The van der Waals surface area contributed by atoms with Crippen molar-refractivity contribution in [3.63, 3.8) is 0 Å². The van der Waals surface area contributed by atoms with Crippen molar-refractivity contribution in [1.29, 1.82) is 0 Å². The average molecular weight is 432 g/mol. The van der Waals surface area contributed by atoms with E-state index < -0.39 is 0 Å². The van der Waals surface area contributed by atoms with Crippen LogP contribution in [0, 0.1) is 0 Å². The summed E-state index contributed by atoms with van der Waals surface area (Å²) in [5, 5.41) is 1.35. The molecule has 0 radical (unpaired) electrons. The molecule has 0 N–H and O–H groups in total. The molecule has 0 saturated carbocycles. The number of halogens is 1. The standard InChI is InChI=1S/C22H26ClN3O2S/c1-15(2)28-18-9-6-16(7-10-18)21(27)26(13-5-12-25(3)4)22-24-19-11-8-17(23)14-20(19)29-22/h6-11,14-15H,5,12-13H2,1-4H3. The molecule has 3 aromatic rings. The van der Waals surface area contributed by atoms with Crippen molar-refractivity contribution in [3.05, 3.63) is 53.1 Å². The smallest absolute Gasteiger partial charge is 0.260 e. The van der Waals surface area contributed by atoms with Crippen molar-refractivity contribution in [2.24, 2.45) is 0 Å². The largest absolute Gasteiger partial charge is 0.491 e. The highest BCUT2D eigenvalue weighted by Gasteiger charge is 2.21. The van der Waals surface area contributed by atoms with E-state index in [4.69, 9.17) is 16.3 Å². The molecule has 0 atom stereocenters. The van der Waals surface area contributed by atoms with Gasteiger partial charge in [-0.2, -0.15) is 0 Å². The normalized spacial score (nSPS) is 11.4. The third kappa shape index (κ3) is 5.69. The van der Waals surface area contributed by atoms with Gasteiger partial charge in [-0.3, -0.25) is 9.69 Å². The molecular formula is C22H26ClN3O2S. The number of thiazole rings is 1. The van der Waals surface area contributed by atoms with Gasteiger partial charge in [0.25, 0.3) is 5.91 Å². The molecule has 1 heterocycles. The van der Waals surface area contributed by atoms with Gasteiger partial charge in [0.2, 0.25) is 0 Å². The number of aromatic nitrogens is 1. The Kier molecular flexibility index (Phi) is 7.11. The Hall–Kier alpha value is -2.15. The monoisotopic (exact) mass is 431 g/mol. The number of fused-ring (bicyclic) bond motifs is 1. The van der Waals surface area contributed by atoms with Crippen molar-refractivity contribution in [3.8, 4) is 5.75 Å². The highest BCUT2D eigenvalue weighted by molar-refractivity contribution is 7.22. The average Bonchev–Trinajstić information content (AvgIpc) is 3.07. The minimum Gasteiger partial charge on any atom is -0.491 e. The van der Waals surface area contributed by atoms with E-state index in [0.717, 1.165) is 28.9 Å². The highest BCUT2D eigenvalue weighted by atomic mass is 35.5. The van der Waals surface area contributed by atoms with E-state index in [1.54, 1.807) is 4.90 Å². The molecule has 29 heavy (non-hydrogen) atoms. The first-order valence-corrected chi connectivity index (χ1v) is 10.8. The number of benzene rings is 2. The van der Waals surface area contributed by atoms with E-state index in [-0.39, 0.29) is 12.0 Å². The fraction of sp³-hybridized carbons (Fsp3) is 0.364. The zero-order valence-electron chi connectivity index (χ0n) is 17.2. The van der Waals surface area contributed by atoms with Crippen LogP contribution < -0.4 is 9.64 Å². The van der Waals surface area contributed by atoms with Gasteiger partial charge >= 0.3 is 0 Å². The number of amides is 1. The van der Waals surface area contributed by atoms with E-state index in [1.165, 1.54) is 11.3 Å². The summed E-state index contributed by atoms with van der Waals surface area (Å²) in [6.45, 7) is 5.44. The number of hydrogen-bond acceptors (Lipinski definition) is 5. The van der Waals surface area contributed by atoms with E-state index in [1.807, 2.05) is 70.4 Å². The molecule has 0 bridgehead atoms. The van der Waals surface area contributed by atoms with Crippen molar-refractivity contribution < 1.29 is 9.53 Å². The second-order valence-electron chi connectivity index (χ2n) is 7.41. The summed E-state index contributed by atoms with van der Waals surface area (Å²) in [4.78, 5) is 21.9. The Morgan fingerprint density at radius 1 is 1.14 bits per heavy atom. The van der Waals surface area contributed by atoms with Crippen molar-refractivity contribution >= 4 is 44.2 Å². The molecule has 1 aromatic heterocycles. The lowest BCUT2D eigenvalue weighted by atomic mass is 10.2. The molecule has 0 fully saturated rings. The first-order chi connectivity index (χ1) is 13.8. The third-order valence-electron chi connectivity index (χ3n) is 4.28. The minimum atomic E-state index is -0.0648. The Bertz CT molecular complexity index is 970. The van der Waals surface area contributed by atoms with Gasteiger partial charge in [0.05, 0.1) is 16.3 Å². The van der Waals surface area contributed by atoms with Crippen LogP contribution in [0.25, 0.3) is 10.2 Å². The van der Waals surface area contributed by atoms with Crippen molar-refractivity contribution in [2.75, 3.05) is 32.1 Å². The van der Waals surface area contributed by atoms with Crippen LogP contribution in [0.15, 0.2) is 42.5 Å². The maximum absolute atomic E-state index is 13.3. The van der Waals surface area contributed by atoms with Crippen molar-refractivity contribution in [1.82, 2.24) is 9.88 Å². The summed E-state index contributed by atoms with van der Waals surface area (Å²) in [5.41, 5.74) is 1.46. The maximum atomic E-state index is 13.3. The van der Waals surface area contributed by atoms with Gasteiger partial charge in [0.15, 0.2) is 5.13 Å². The fourth-order valence-corrected chi connectivity index (χ4v) is 4.20. The zero-order chi connectivity index (χ0) is 21.0. The van der Waals surface area contributed by atoms with Gasteiger partial charge in [-0.15, -0.1) is 0 Å². The van der Waals surface area contributed by atoms with E-state index in [0.29, 0.717) is 22.3 Å². The number of ether oxygens (including phenoxy) is 1. The van der Waals surface area contributed by atoms with Gasteiger partial charge in [-0.1, -0.05) is 22.9 Å². The van der Waals surface area contributed by atoms with E-state index in [9.17, 15) is 4.79 Å². The summed E-state index contributed by atoms with van der Waals surface area (Å²) in [5.74, 6) is 0.690. The zero-order valence-corrected chi connectivity index (χ0v) is 18.8. The molecule has 2 aromatic carbocycles. The van der Waals surface area contributed by atoms with Gasteiger partial charge < -0.3 is 9.64 Å². The number of carbonyl (C=O) groups excluding carboxylic acids is 1. The van der Waals surface area contributed by atoms with Crippen molar-refractivity contribution in [2.45, 2.75) is 26.4 Å². The third-order valence-corrected chi connectivity index (χ3v) is 5.55. The number of nitrogens with zero attached hydrogens (tertiary/aromatic N) is 3. The lowest BCUT2D eigenvalue weighted by Crippen LogP contribution is -2.33. The SMILES string of the molecule is CC(C)Oc1ccc(C(=O)N(CCCN(C)C)c2nc3ccc(Cl)cc3s2)cc1. The van der Waals surface area contributed by atoms with Gasteiger partial charge in [0.1, 0.15) is 5.75 Å². The van der Waals surface area contributed by atoms with Crippen LogP contribution >= 0.6 is 22.9 Å². The van der Waals surface area contributed by atoms with Crippen LogP contribution in [0.3, 0.4) is 0 Å². The Morgan fingerprint density at radius 2 is 1.86 bits per heavy atom. The van der Waals surface area contributed by atoms with Gasteiger partial charge in [-0.25, -0.2) is 4.98 Å². The summed E-state index contributed by atoms with van der Waals surface area (Å²) >= 11 is 7.60. The van der Waals surface area contributed by atoms with Gasteiger partial charge in [-0.05, 0) is 83.4 Å². The number of rotatable bonds is 8. The molecule has 0 spiro atoms. The van der Waals surface area contributed by atoms with Crippen LogP contribution in [0.2, 0.25) is 5.02 Å². The lowest BCUT2D eigenvalue weighted by Gasteiger charge is -2.21. The Balaban J connectivity index is 1.88. The molecule has 0 aliphatic rings. The summed E-state index contributed by atoms with van der Waals surface area (Å²) in [6, 6.07) is 12.9. The highest BCUT2D eigenvalue weighted by Crippen LogP contribution is 2.32. The molecule has 1 amide bonds. The Morgan fingerprint density at radius 3 is 2.52 bits per heavy atom. The topological polar surface area (TPSA) is 45.7 Å². The summed E-state index contributed by atoms with van der Waals surface area (Å²) < 4.78 is 6.65. The van der Waals surface area contributed by atoms with E-state index in [2.05, 4.69) is 9.88 Å². The molecule has 0 aliphatic carbocycles. The first-order valence-electron chi connectivity index (χ1n) is 9.63. The van der Waals surface area contributed by atoms with Crippen LogP contribution in [-0.2, 0) is 0 Å². The summed E-state index contributed by atoms with van der Waals surface area (Å²) in [7, 11) is 4.05. The minimum absolute atomic E-state index is 0.0648. The number of anilines is 1. The predicted octanol–water partition coefficient (Wildman–Crippen LogP) is 5.34. The quantitative estimate of drug-likeness (QED) is 0.483. The van der Waals surface area contributed by atoms with Crippen LogP contribution in [0.1, 0.15) is 30.6 Å². The second kappa shape index (κ2) is 9.57. The second-order valence-corrected chi connectivity index (χ2v) is 8.86. The molecule has 0 unspecified atom stereocenters. The number of hydrogen-bond donors (Lipinski definition) is 0. The molecule has 154 valence electrons. The molecule has 0 aliphatic heterocycles. The summed E-state index contributed by atoms with van der Waals surface area (Å²) in [6.07, 6.45) is 0.943. The lowest BCUT2D eigenvalue weighted by molar-refractivity contribution is 0.0986. The van der Waals surface area contributed by atoms with Crippen LogP contribution in [0.5, 0.6) is 5.75 Å². The van der Waals surface area contributed by atoms with Gasteiger partial charge in [0, 0.05) is 17.1 Å². The molecule has 5 nitrogen and oxygen atoms in total. The molecular weight excluding hydrogens is 406 g/mol. The van der Waals surface area contributed by atoms with Crippen LogP contribution in [0.4, 0.5) is 5.13 Å². The molecule has 3 rings (SSSR count). The van der Waals surface area contributed by atoms with Crippen LogP contribution in [-0.4, -0.2) is 49.1 Å². The number of carbonyl (C=O) groups is 1. The Labute approximate surface area is 180 Å². The predicted molar refractivity (Wildman–Crippen MR) is 122 cm³/mol. The maximum Gasteiger partial charge on any atom is 0.260 e. The molecule has 7 heteroatoms. The van der Waals surface area contributed by atoms with E-state index >= 15 is 0 Å². The fourth-order valence-electron chi connectivity index (χ4n) is 2.93. The first kappa shape index (κ1) is 21.6.